The van der Waals surface area contributed by atoms with E-state index in [9.17, 15) is 14.7 Å². The van der Waals surface area contributed by atoms with Crippen molar-refractivity contribution in [3.63, 3.8) is 0 Å². The standard InChI is InChI=1S/C16H16N2O3S/c1-9-17-13-7-6-10(8-14(13)22-9)18-15(19)11-4-2-3-5-12(11)16(20)21/h2-3,6-8,11-12H,4-5H2,1H3,(H,18,19)(H,20,21)/t11-,12-/m0/s1. The van der Waals surface area contributed by atoms with Gasteiger partial charge in [0.25, 0.3) is 0 Å². The second kappa shape index (κ2) is 5.88. The Balaban J connectivity index is 1.79. The number of aryl methyl sites for hydroxylation is 1. The maximum atomic E-state index is 12.4. The highest BCUT2D eigenvalue weighted by atomic mass is 32.1. The van der Waals surface area contributed by atoms with Gasteiger partial charge in [0.1, 0.15) is 0 Å². The van der Waals surface area contributed by atoms with Crippen LogP contribution in [-0.4, -0.2) is 22.0 Å². The van der Waals surface area contributed by atoms with Gasteiger partial charge >= 0.3 is 5.97 Å². The van der Waals surface area contributed by atoms with E-state index in [0.29, 0.717) is 18.5 Å². The van der Waals surface area contributed by atoms with E-state index in [4.69, 9.17) is 0 Å². The zero-order valence-electron chi connectivity index (χ0n) is 12.1. The van der Waals surface area contributed by atoms with E-state index in [0.717, 1.165) is 15.2 Å². The van der Waals surface area contributed by atoms with E-state index in [1.165, 1.54) is 0 Å². The molecule has 0 bridgehead atoms. The molecule has 2 atom stereocenters. The largest absolute Gasteiger partial charge is 0.481 e. The van der Waals surface area contributed by atoms with Crippen LogP contribution in [0.15, 0.2) is 30.4 Å². The number of hydrogen-bond acceptors (Lipinski definition) is 4. The number of allylic oxidation sites excluding steroid dienone is 2. The molecule has 0 spiro atoms. The van der Waals surface area contributed by atoms with Gasteiger partial charge in [0, 0.05) is 5.69 Å². The Labute approximate surface area is 131 Å². The molecule has 0 unspecified atom stereocenters. The summed E-state index contributed by atoms with van der Waals surface area (Å²) >= 11 is 1.57. The minimum Gasteiger partial charge on any atom is -0.481 e. The summed E-state index contributed by atoms with van der Waals surface area (Å²) in [4.78, 5) is 28.1. The van der Waals surface area contributed by atoms with E-state index in [1.54, 1.807) is 17.4 Å². The summed E-state index contributed by atoms with van der Waals surface area (Å²) in [6.45, 7) is 1.94. The number of amides is 1. The van der Waals surface area contributed by atoms with Crippen molar-refractivity contribution in [2.75, 3.05) is 5.32 Å². The molecule has 0 saturated heterocycles. The highest BCUT2D eigenvalue weighted by Gasteiger charge is 2.33. The quantitative estimate of drug-likeness (QED) is 0.852. The molecule has 2 N–H and O–H groups in total. The molecule has 1 heterocycles. The summed E-state index contributed by atoms with van der Waals surface area (Å²) in [7, 11) is 0. The van der Waals surface area contributed by atoms with Gasteiger partial charge in [-0.05, 0) is 38.0 Å². The van der Waals surface area contributed by atoms with E-state index in [2.05, 4.69) is 10.3 Å². The van der Waals surface area contributed by atoms with Gasteiger partial charge in [0.2, 0.25) is 5.91 Å². The number of aromatic nitrogens is 1. The molecule has 1 aromatic heterocycles. The molecular formula is C16H16N2O3S. The van der Waals surface area contributed by atoms with Crippen LogP contribution in [0.1, 0.15) is 17.8 Å². The Morgan fingerprint density at radius 3 is 2.73 bits per heavy atom. The Morgan fingerprint density at radius 1 is 1.27 bits per heavy atom. The van der Waals surface area contributed by atoms with Crippen LogP contribution in [0.25, 0.3) is 10.2 Å². The molecule has 114 valence electrons. The van der Waals surface area contributed by atoms with Crippen LogP contribution in [0.3, 0.4) is 0 Å². The Morgan fingerprint density at radius 2 is 2.00 bits per heavy atom. The molecule has 6 heteroatoms. The predicted molar refractivity (Wildman–Crippen MR) is 86.0 cm³/mol. The molecule has 0 aliphatic heterocycles. The van der Waals surface area contributed by atoms with Crippen molar-refractivity contribution < 1.29 is 14.7 Å². The van der Waals surface area contributed by atoms with Crippen LogP contribution in [0.2, 0.25) is 0 Å². The third-order valence-corrected chi connectivity index (χ3v) is 4.78. The molecule has 0 radical (unpaired) electrons. The third-order valence-electron chi connectivity index (χ3n) is 3.85. The fourth-order valence-corrected chi connectivity index (χ4v) is 3.60. The van der Waals surface area contributed by atoms with Crippen molar-refractivity contribution in [2.24, 2.45) is 11.8 Å². The normalized spacial score (nSPS) is 21.0. The molecule has 0 saturated carbocycles. The number of thiazole rings is 1. The number of benzene rings is 1. The predicted octanol–water partition coefficient (Wildman–Crippen LogP) is 3.21. The summed E-state index contributed by atoms with van der Waals surface area (Å²) < 4.78 is 1.01. The minimum absolute atomic E-state index is 0.239. The van der Waals surface area contributed by atoms with E-state index in [-0.39, 0.29) is 5.91 Å². The number of hydrogen-bond donors (Lipinski definition) is 2. The number of carbonyl (C=O) groups is 2. The van der Waals surface area contributed by atoms with Gasteiger partial charge in [-0.15, -0.1) is 11.3 Å². The SMILES string of the molecule is Cc1nc2ccc(NC(=O)[C@H]3CC=CC[C@@H]3C(=O)O)cc2s1. The molecule has 1 aromatic carbocycles. The van der Waals surface area contributed by atoms with Crippen LogP contribution < -0.4 is 5.32 Å². The molecule has 1 aliphatic carbocycles. The highest BCUT2D eigenvalue weighted by molar-refractivity contribution is 7.18. The molecular weight excluding hydrogens is 300 g/mol. The van der Waals surface area contributed by atoms with Crippen molar-refractivity contribution in [3.05, 3.63) is 35.4 Å². The summed E-state index contributed by atoms with van der Waals surface area (Å²) in [6, 6.07) is 5.55. The van der Waals surface area contributed by atoms with Crippen LogP contribution >= 0.6 is 11.3 Å². The third kappa shape index (κ3) is 2.87. The Hall–Kier alpha value is -2.21. The number of carboxylic acids is 1. The van der Waals surface area contributed by atoms with Gasteiger partial charge in [-0.3, -0.25) is 9.59 Å². The van der Waals surface area contributed by atoms with Gasteiger partial charge in [0.05, 0.1) is 27.1 Å². The number of nitrogens with zero attached hydrogens (tertiary/aromatic N) is 1. The minimum atomic E-state index is -0.918. The van der Waals surface area contributed by atoms with Crippen molar-refractivity contribution in [2.45, 2.75) is 19.8 Å². The zero-order chi connectivity index (χ0) is 15.7. The van der Waals surface area contributed by atoms with Crippen LogP contribution in [0, 0.1) is 18.8 Å². The first kappa shape index (κ1) is 14.7. The lowest BCUT2D eigenvalue weighted by atomic mass is 9.82. The van der Waals surface area contributed by atoms with Crippen LogP contribution in [0.5, 0.6) is 0 Å². The smallest absolute Gasteiger partial charge is 0.307 e. The molecule has 22 heavy (non-hydrogen) atoms. The Bertz CT molecular complexity index is 766. The Kier molecular flexibility index (Phi) is 3.94. The maximum Gasteiger partial charge on any atom is 0.307 e. The summed E-state index contributed by atoms with van der Waals surface area (Å²) in [6.07, 6.45) is 4.57. The van der Waals surface area contributed by atoms with E-state index < -0.39 is 17.8 Å². The number of anilines is 1. The lowest BCUT2D eigenvalue weighted by Gasteiger charge is -2.24. The van der Waals surface area contributed by atoms with Crippen LogP contribution in [-0.2, 0) is 9.59 Å². The molecule has 1 aliphatic rings. The highest BCUT2D eigenvalue weighted by Crippen LogP contribution is 2.29. The topological polar surface area (TPSA) is 79.3 Å². The second-order valence-electron chi connectivity index (χ2n) is 5.40. The number of carbonyl (C=O) groups excluding carboxylic acids is 1. The average Bonchev–Trinajstić information content (AvgIpc) is 2.86. The van der Waals surface area contributed by atoms with E-state index >= 15 is 0 Å². The first-order valence-corrected chi connectivity index (χ1v) is 7.92. The molecule has 3 rings (SSSR count). The first-order chi connectivity index (χ1) is 10.5. The van der Waals surface area contributed by atoms with Gasteiger partial charge in [0.15, 0.2) is 0 Å². The van der Waals surface area contributed by atoms with E-state index in [1.807, 2.05) is 31.2 Å². The van der Waals surface area contributed by atoms with Crippen molar-refractivity contribution in [1.29, 1.82) is 0 Å². The second-order valence-corrected chi connectivity index (χ2v) is 6.63. The van der Waals surface area contributed by atoms with Crippen molar-refractivity contribution >= 4 is 39.1 Å². The number of rotatable bonds is 3. The van der Waals surface area contributed by atoms with Crippen molar-refractivity contribution in [1.82, 2.24) is 4.98 Å². The van der Waals surface area contributed by atoms with Crippen LogP contribution in [0.4, 0.5) is 5.69 Å². The number of aliphatic carboxylic acids is 1. The maximum absolute atomic E-state index is 12.4. The zero-order valence-corrected chi connectivity index (χ0v) is 12.9. The summed E-state index contributed by atoms with van der Waals surface area (Å²) in [5, 5.41) is 13.1. The number of nitrogens with one attached hydrogen (secondary N) is 1. The summed E-state index contributed by atoms with van der Waals surface area (Å²) in [5.74, 6) is -2.34. The van der Waals surface area contributed by atoms with Gasteiger partial charge in [-0.2, -0.15) is 0 Å². The number of carboxylic acid groups (broad SMARTS) is 1. The van der Waals surface area contributed by atoms with Gasteiger partial charge in [-0.25, -0.2) is 4.98 Å². The fourth-order valence-electron chi connectivity index (χ4n) is 2.73. The van der Waals surface area contributed by atoms with Gasteiger partial charge in [-0.1, -0.05) is 12.2 Å². The fraction of sp³-hybridized carbons (Fsp3) is 0.312. The average molecular weight is 316 g/mol. The molecule has 5 nitrogen and oxygen atoms in total. The molecule has 0 fully saturated rings. The molecule has 2 aromatic rings. The monoisotopic (exact) mass is 316 g/mol. The lowest BCUT2D eigenvalue weighted by molar-refractivity contribution is -0.146. The van der Waals surface area contributed by atoms with Gasteiger partial charge < -0.3 is 10.4 Å². The van der Waals surface area contributed by atoms with Crippen molar-refractivity contribution in [3.8, 4) is 0 Å². The molecule has 1 amide bonds. The summed E-state index contributed by atoms with van der Waals surface area (Å²) in [5.41, 5.74) is 1.59. The lowest BCUT2D eigenvalue weighted by Crippen LogP contribution is -2.34. The number of fused-ring (bicyclic) bond motifs is 1. The first-order valence-electron chi connectivity index (χ1n) is 7.10.